The van der Waals surface area contributed by atoms with Gasteiger partial charge in [0, 0.05) is 23.7 Å². The minimum atomic E-state index is -0.0996. The number of fused-ring (bicyclic) bond motifs is 1. The number of carbonyl (C=O) groups is 1. The van der Waals surface area contributed by atoms with E-state index >= 15 is 0 Å². The zero-order valence-corrected chi connectivity index (χ0v) is 16.7. The van der Waals surface area contributed by atoms with Gasteiger partial charge < -0.3 is 14.4 Å². The van der Waals surface area contributed by atoms with Crippen molar-refractivity contribution in [2.45, 2.75) is 20.0 Å². The first kappa shape index (κ1) is 19.2. The van der Waals surface area contributed by atoms with Gasteiger partial charge in [-0.3, -0.25) is 4.79 Å². The van der Waals surface area contributed by atoms with Gasteiger partial charge in [-0.25, -0.2) is 0 Å². The highest BCUT2D eigenvalue weighted by Crippen LogP contribution is 2.31. The van der Waals surface area contributed by atoms with Crippen molar-refractivity contribution in [3.63, 3.8) is 0 Å². The van der Waals surface area contributed by atoms with Crippen LogP contribution in [0.15, 0.2) is 42.5 Å². The quantitative estimate of drug-likeness (QED) is 0.618. The molecule has 0 radical (unpaired) electrons. The van der Waals surface area contributed by atoms with Gasteiger partial charge in [-0.05, 0) is 42.0 Å². The molecule has 0 saturated heterocycles. The van der Waals surface area contributed by atoms with E-state index in [1.165, 1.54) is 4.80 Å². The van der Waals surface area contributed by atoms with Gasteiger partial charge in [-0.1, -0.05) is 29.8 Å². The van der Waals surface area contributed by atoms with Gasteiger partial charge in [0.2, 0.25) is 11.7 Å². The van der Waals surface area contributed by atoms with Gasteiger partial charge in [-0.2, -0.15) is 4.80 Å². The lowest BCUT2D eigenvalue weighted by atomic mass is 10.1. The largest absolute Gasteiger partial charge is 0.486 e. The van der Waals surface area contributed by atoms with Crippen molar-refractivity contribution < 1.29 is 14.3 Å². The van der Waals surface area contributed by atoms with Crippen LogP contribution >= 0.6 is 11.6 Å². The van der Waals surface area contributed by atoms with Crippen LogP contribution in [0.25, 0.3) is 11.4 Å². The minimum absolute atomic E-state index is 0.00591. The van der Waals surface area contributed by atoms with E-state index in [0.717, 1.165) is 16.9 Å². The standard InChI is InChI=1S/C20H20ClN5O3/c1-2-25(12-14-6-7-17-18(10-14)29-9-8-28-17)19(27)13-26-23-20(22-24-26)15-4-3-5-16(21)11-15/h3-7,10-11H,2,8-9,12-13H2,1H3. The number of halogens is 1. The van der Waals surface area contributed by atoms with Gasteiger partial charge >= 0.3 is 0 Å². The highest BCUT2D eigenvalue weighted by Gasteiger charge is 2.17. The van der Waals surface area contributed by atoms with Crippen molar-refractivity contribution in [1.82, 2.24) is 25.1 Å². The zero-order chi connectivity index (χ0) is 20.2. The van der Waals surface area contributed by atoms with Crippen molar-refractivity contribution in [3.05, 3.63) is 53.1 Å². The van der Waals surface area contributed by atoms with Crippen molar-refractivity contribution in [1.29, 1.82) is 0 Å². The van der Waals surface area contributed by atoms with E-state index in [2.05, 4.69) is 15.4 Å². The van der Waals surface area contributed by atoms with Crippen molar-refractivity contribution in [2.24, 2.45) is 0 Å². The first-order valence-corrected chi connectivity index (χ1v) is 9.70. The van der Waals surface area contributed by atoms with Gasteiger partial charge in [0.15, 0.2) is 11.5 Å². The summed E-state index contributed by atoms with van der Waals surface area (Å²) < 4.78 is 11.2. The molecule has 1 aliphatic rings. The molecule has 150 valence electrons. The Bertz CT molecular complexity index is 1020. The maximum atomic E-state index is 12.8. The summed E-state index contributed by atoms with van der Waals surface area (Å²) in [5.41, 5.74) is 1.72. The summed E-state index contributed by atoms with van der Waals surface area (Å²) in [7, 11) is 0. The predicted molar refractivity (Wildman–Crippen MR) is 107 cm³/mol. The van der Waals surface area contributed by atoms with Crippen LogP contribution in [0.5, 0.6) is 11.5 Å². The van der Waals surface area contributed by atoms with Crippen molar-refractivity contribution in [3.8, 4) is 22.9 Å². The molecular formula is C20H20ClN5O3. The highest BCUT2D eigenvalue weighted by molar-refractivity contribution is 6.30. The number of ether oxygens (including phenoxy) is 2. The fraction of sp³-hybridized carbons (Fsp3) is 0.300. The fourth-order valence-electron chi connectivity index (χ4n) is 3.06. The van der Waals surface area contributed by atoms with Crippen LogP contribution in [-0.4, -0.2) is 50.8 Å². The number of hydrogen-bond acceptors (Lipinski definition) is 6. The Labute approximate surface area is 173 Å². The lowest BCUT2D eigenvalue weighted by molar-refractivity contribution is -0.132. The summed E-state index contributed by atoms with van der Waals surface area (Å²) in [6, 6.07) is 12.9. The second-order valence-corrected chi connectivity index (χ2v) is 6.98. The van der Waals surface area contributed by atoms with Crippen LogP contribution in [0, 0.1) is 0 Å². The Morgan fingerprint density at radius 3 is 2.79 bits per heavy atom. The van der Waals surface area contributed by atoms with Crippen molar-refractivity contribution >= 4 is 17.5 Å². The molecule has 9 heteroatoms. The first-order valence-electron chi connectivity index (χ1n) is 9.32. The summed E-state index contributed by atoms with van der Waals surface area (Å²) in [5, 5.41) is 12.9. The second kappa shape index (κ2) is 8.48. The van der Waals surface area contributed by atoms with Gasteiger partial charge in [0.05, 0.1) is 0 Å². The molecule has 0 aliphatic carbocycles. The average molecular weight is 414 g/mol. The summed E-state index contributed by atoms with van der Waals surface area (Å²) in [6.45, 7) is 4.03. The number of likely N-dealkylation sites (N-methyl/N-ethyl adjacent to an activating group) is 1. The third kappa shape index (κ3) is 4.48. The number of benzene rings is 2. The van der Waals surface area contributed by atoms with Crippen molar-refractivity contribution in [2.75, 3.05) is 19.8 Å². The van der Waals surface area contributed by atoms with E-state index < -0.39 is 0 Å². The average Bonchev–Trinajstić information content (AvgIpc) is 3.20. The summed E-state index contributed by atoms with van der Waals surface area (Å²) >= 11 is 6.01. The molecule has 0 bridgehead atoms. The van der Waals surface area contributed by atoms with E-state index in [1.54, 1.807) is 17.0 Å². The molecule has 0 saturated carbocycles. The smallest absolute Gasteiger partial charge is 0.246 e. The molecule has 0 N–H and O–H groups in total. The van der Waals surface area contributed by atoms with Gasteiger partial charge in [0.1, 0.15) is 19.8 Å². The van der Waals surface area contributed by atoms with E-state index in [-0.39, 0.29) is 12.5 Å². The number of carbonyl (C=O) groups excluding carboxylic acids is 1. The SMILES string of the molecule is CCN(Cc1ccc2c(c1)OCCO2)C(=O)Cn1nnc(-c2cccc(Cl)c2)n1. The fourth-order valence-corrected chi connectivity index (χ4v) is 3.25. The number of nitrogens with zero attached hydrogens (tertiary/aromatic N) is 5. The molecule has 29 heavy (non-hydrogen) atoms. The normalized spacial score (nSPS) is 12.6. The Morgan fingerprint density at radius 2 is 2.00 bits per heavy atom. The molecule has 0 unspecified atom stereocenters. The maximum absolute atomic E-state index is 12.8. The molecule has 4 rings (SSSR count). The van der Waals surface area contributed by atoms with E-state index in [0.29, 0.717) is 42.9 Å². The number of rotatable bonds is 6. The molecule has 2 heterocycles. The molecular weight excluding hydrogens is 394 g/mol. The molecule has 3 aromatic rings. The predicted octanol–water partition coefficient (Wildman–Crippen LogP) is 2.81. The van der Waals surface area contributed by atoms with Gasteiger partial charge in [-0.15, -0.1) is 10.2 Å². The molecule has 8 nitrogen and oxygen atoms in total. The first-order chi connectivity index (χ1) is 14.1. The number of aromatic nitrogens is 4. The van der Waals surface area contributed by atoms with Crippen LogP contribution in [0.3, 0.4) is 0 Å². The molecule has 0 atom stereocenters. The Kier molecular flexibility index (Phi) is 5.62. The lowest BCUT2D eigenvalue weighted by Crippen LogP contribution is -2.33. The lowest BCUT2D eigenvalue weighted by Gasteiger charge is -2.23. The summed E-state index contributed by atoms with van der Waals surface area (Å²) in [5.74, 6) is 1.77. The number of tetrazole rings is 1. The van der Waals surface area contributed by atoms with E-state index in [4.69, 9.17) is 21.1 Å². The van der Waals surface area contributed by atoms with Crippen LogP contribution in [0.4, 0.5) is 0 Å². The Morgan fingerprint density at radius 1 is 1.17 bits per heavy atom. The molecule has 1 aliphatic heterocycles. The van der Waals surface area contributed by atoms with Crippen LogP contribution in [0.2, 0.25) is 5.02 Å². The second-order valence-electron chi connectivity index (χ2n) is 6.54. The maximum Gasteiger partial charge on any atom is 0.246 e. The Balaban J connectivity index is 1.43. The van der Waals surface area contributed by atoms with Crippen LogP contribution < -0.4 is 9.47 Å². The summed E-state index contributed by atoms with van der Waals surface area (Å²) in [6.07, 6.45) is 0. The van der Waals surface area contributed by atoms with Gasteiger partial charge in [0.25, 0.3) is 0 Å². The highest BCUT2D eigenvalue weighted by atomic mass is 35.5. The number of hydrogen-bond donors (Lipinski definition) is 0. The molecule has 1 aromatic heterocycles. The van der Waals surface area contributed by atoms with E-state index in [9.17, 15) is 4.79 Å². The molecule has 0 spiro atoms. The minimum Gasteiger partial charge on any atom is -0.486 e. The van der Waals surface area contributed by atoms with Crippen LogP contribution in [0.1, 0.15) is 12.5 Å². The third-order valence-electron chi connectivity index (χ3n) is 4.53. The molecule has 0 fully saturated rings. The topological polar surface area (TPSA) is 82.4 Å². The monoisotopic (exact) mass is 413 g/mol. The number of amides is 1. The zero-order valence-electron chi connectivity index (χ0n) is 15.9. The molecule has 1 amide bonds. The third-order valence-corrected chi connectivity index (χ3v) is 4.76. The molecule has 2 aromatic carbocycles. The van der Waals surface area contributed by atoms with Crippen LogP contribution in [-0.2, 0) is 17.9 Å². The summed E-state index contributed by atoms with van der Waals surface area (Å²) in [4.78, 5) is 15.8. The van der Waals surface area contributed by atoms with E-state index in [1.807, 2.05) is 37.3 Å². The Hall–Kier alpha value is -3.13.